The van der Waals surface area contributed by atoms with E-state index in [-0.39, 0.29) is 11.8 Å². The zero-order chi connectivity index (χ0) is 32.1. The lowest BCUT2D eigenvalue weighted by Crippen LogP contribution is -2.45. The molecule has 2 atom stereocenters. The maximum atomic E-state index is 12.8. The molecule has 6 nitrogen and oxygen atoms in total. The number of carbonyl (C=O) groups is 1. The van der Waals surface area contributed by atoms with E-state index in [1.807, 2.05) is 96.2 Å². The fraction of sp³-hybridized carbons (Fsp3) is 0.543. The van der Waals surface area contributed by atoms with E-state index in [0.717, 1.165) is 36.7 Å². The highest BCUT2D eigenvalue weighted by atomic mass is 16.2. The molecule has 0 bridgehead atoms. The number of hydrogen-bond acceptors (Lipinski definition) is 4. The van der Waals surface area contributed by atoms with Crippen LogP contribution in [-0.2, 0) is 10.3 Å². The van der Waals surface area contributed by atoms with Crippen LogP contribution in [0.5, 0.6) is 0 Å². The summed E-state index contributed by atoms with van der Waals surface area (Å²) in [5, 5.41) is 9.37. The first-order chi connectivity index (χ1) is 19.7. The summed E-state index contributed by atoms with van der Waals surface area (Å²) in [6.45, 7) is 26.2. The van der Waals surface area contributed by atoms with Crippen molar-refractivity contribution in [3.05, 3.63) is 84.1 Å². The van der Waals surface area contributed by atoms with Crippen LogP contribution in [0.15, 0.2) is 83.6 Å². The average Bonchev–Trinajstić information content (AvgIpc) is 3.01. The topological polar surface area (TPSA) is 91.5 Å². The molecule has 1 amide bonds. The van der Waals surface area contributed by atoms with Crippen LogP contribution in [0.4, 0.5) is 0 Å². The number of hydrogen-bond donors (Lipinski definition) is 4. The summed E-state index contributed by atoms with van der Waals surface area (Å²) in [6, 6.07) is 9.50. The monoisotopic (exact) mass is 570 g/mol. The highest BCUT2D eigenvalue weighted by molar-refractivity contribution is 5.92. The maximum Gasteiger partial charge on any atom is 0.256 e. The highest BCUT2D eigenvalue weighted by Gasteiger charge is 2.43. The Balaban J connectivity index is -0.000000643. The van der Waals surface area contributed by atoms with Crippen molar-refractivity contribution in [3.63, 3.8) is 0 Å². The van der Waals surface area contributed by atoms with Gasteiger partial charge in [0.1, 0.15) is 0 Å². The van der Waals surface area contributed by atoms with E-state index in [0.29, 0.717) is 0 Å². The normalized spacial score (nSPS) is 13.6. The van der Waals surface area contributed by atoms with Crippen molar-refractivity contribution in [1.29, 1.82) is 0 Å². The van der Waals surface area contributed by atoms with Gasteiger partial charge < -0.3 is 21.7 Å². The predicted molar refractivity (Wildman–Crippen MR) is 184 cm³/mol. The SMILES string of the molecule is C/C=C(\C)NCNCCC(C)CC.C/C=C\C=C(/C(C)C)C(N=CN)(C(=O)NC)c1ccccc1.C=CCC.CC. The van der Waals surface area contributed by atoms with Crippen molar-refractivity contribution in [2.45, 2.75) is 94.0 Å². The Kier molecular flexibility index (Phi) is 29.3. The zero-order valence-electron chi connectivity index (χ0n) is 28.2. The van der Waals surface area contributed by atoms with Gasteiger partial charge in [-0.25, -0.2) is 0 Å². The van der Waals surface area contributed by atoms with Gasteiger partial charge in [0.05, 0.1) is 13.0 Å². The molecule has 2 unspecified atom stereocenters. The second kappa shape index (κ2) is 28.4. The van der Waals surface area contributed by atoms with Crippen LogP contribution in [0.25, 0.3) is 0 Å². The summed E-state index contributed by atoms with van der Waals surface area (Å²) < 4.78 is 0. The number of nitrogens with two attached hydrogens (primary N) is 1. The molecule has 0 saturated carbocycles. The standard InChI is InChI=1S/C18H25N3O.C11H24N2.C4H8.C2H6/c1-5-6-12-16(14(2)3)18(21-13-19,17(22)20-4)15-10-8-7-9-11-15;1-5-10(3)7-8-12-9-13-11(4)6-2;1-3-4-2;1-2/h5-14H,1-4H3,(H2,19,21)(H,20,22);6,10,12-13H,5,7-9H2,1-4H3;3H,1,4H2,2H3;1-2H3/b6-5-,16-12+;11-6+;;. The van der Waals surface area contributed by atoms with Gasteiger partial charge in [0.15, 0.2) is 5.54 Å². The molecule has 0 aliphatic carbocycles. The maximum absolute atomic E-state index is 12.8. The van der Waals surface area contributed by atoms with E-state index in [4.69, 9.17) is 5.73 Å². The van der Waals surface area contributed by atoms with Gasteiger partial charge in [-0.2, -0.15) is 0 Å². The summed E-state index contributed by atoms with van der Waals surface area (Å²) in [5.41, 5.74) is 7.35. The van der Waals surface area contributed by atoms with Crippen molar-refractivity contribution in [2.75, 3.05) is 20.3 Å². The number of nitrogens with zero attached hydrogens (tertiary/aromatic N) is 1. The Hall–Kier alpha value is -3.12. The van der Waals surface area contributed by atoms with Crippen molar-refractivity contribution >= 4 is 12.2 Å². The van der Waals surface area contributed by atoms with Crippen LogP contribution in [0.3, 0.4) is 0 Å². The average molecular weight is 570 g/mol. The van der Waals surface area contributed by atoms with E-state index >= 15 is 0 Å². The summed E-state index contributed by atoms with van der Waals surface area (Å²) in [4.78, 5) is 17.2. The minimum atomic E-state index is -1.15. The Labute approximate surface area is 253 Å². The second-order valence-electron chi connectivity index (χ2n) is 9.56. The summed E-state index contributed by atoms with van der Waals surface area (Å²) in [7, 11) is 1.61. The molecule has 1 aromatic rings. The van der Waals surface area contributed by atoms with Gasteiger partial charge in [0, 0.05) is 12.7 Å². The van der Waals surface area contributed by atoms with Gasteiger partial charge >= 0.3 is 0 Å². The molecular weight excluding hydrogens is 506 g/mol. The Morgan fingerprint density at radius 1 is 1.12 bits per heavy atom. The third kappa shape index (κ3) is 18.0. The molecule has 5 N–H and O–H groups in total. The fourth-order valence-corrected chi connectivity index (χ4v) is 3.48. The number of aliphatic imine (C=N–C) groups is 1. The van der Waals surface area contributed by atoms with Gasteiger partial charge in [-0.1, -0.05) is 116 Å². The fourth-order valence-electron chi connectivity index (χ4n) is 3.48. The number of benzene rings is 1. The van der Waals surface area contributed by atoms with E-state index < -0.39 is 5.54 Å². The molecule has 0 aliphatic heterocycles. The Morgan fingerprint density at radius 3 is 2.12 bits per heavy atom. The number of allylic oxidation sites excluding steroid dienone is 6. The zero-order valence-corrected chi connectivity index (χ0v) is 28.2. The van der Waals surface area contributed by atoms with Crippen molar-refractivity contribution in [3.8, 4) is 0 Å². The smallest absolute Gasteiger partial charge is 0.256 e. The minimum Gasteiger partial charge on any atom is -0.390 e. The molecule has 41 heavy (non-hydrogen) atoms. The van der Waals surface area contributed by atoms with Gasteiger partial charge in [-0.3, -0.25) is 9.79 Å². The van der Waals surface area contributed by atoms with Gasteiger partial charge in [-0.15, -0.1) is 6.58 Å². The lowest BCUT2D eigenvalue weighted by atomic mass is 9.76. The molecular formula is C35H63N5O. The van der Waals surface area contributed by atoms with Gasteiger partial charge in [-0.05, 0) is 63.1 Å². The van der Waals surface area contributed by atoms with Crippen LogP contribution in [-0.4, -0.2) is 32.5 Å². The molecule has 0 heterocycles. The summed E-state index contributed by atoms with van der Waals surface area (Å²) in [6.07, 6.45) is 14.6. The van der Waals surface area contributed by atoms with Crippen molar-refractivity contribution < 1.29 is 4.79 Å². The number of nitrogens with one attached hydrogen (secondary N) is 3. The largest absolute Gasteiger partial charge is 0.390 e. The number of rotatable bonds is 14. The van der Waals surface area contributed by atoms with E-state index in [9.17, 15) is 4.79 Å². The molecule has 0 spiro atoms. The number of carbonyl (C=O) groups excluding carboxylic acids is 1. The molecule has 0 aliphatic rings. The Bertz CT molecular complexity index is 887. The van der Waals surface area contributed by atoms with Crippen molar-refractivity contribution in [1.82, 2.24) is 16.0 Å². The number of amides is 1. The molecule has 0 fully saturated rings. The first kappa shape index (κ1) is 42.3. The van der Waals surface area contributed by atoms with E-state index in [1.54, 1.807) is 7.05 Å². The van der Waals surface area contributed by atoms with Crippen LogP contribution < -0.4 is 21.7 Å². The molecule has 234 valence electrons. The molecule has 0 aromatic heterocycles. The van der Waals surface area contributed by atoms with Gasteiger partial charge in [0.25, 0.3) is 5.91 Å². The van der Waals surface area contributed by atoms with Crippen LogP contribution in [0.2, 0.25) is 0 Å². The molecule has 1 aromatic carbocycles. The van der Waals surface area contributed by atoms with Gasteiger partial charge in [0.2, 0.25) is 0 Å². The van der Waals surface area contributed by atoms with E-state index in [2.05, 4.69) is 61.3 Å². The lowest BCUT2D eigenvalue weighted by molar-refractivity contribution is -0.125. The highest BCUT2D eigenvalue weighted by Crippen LogP contribution is 2.38. The van der Waals surface area contributed by atoms with Crippen LogP contribution >= 0.6 is 0 Å². The lowest BCUT2D eigenvalue weighted by Gasteiger charge is -2.33. The third-order valence-corrected chi connectivity index (χ3v) is 6.25. The molecule has 0 saturated heterocycles. The molecule has 0 radical (unpaired) electrons. The van der Waals surface area contributed by atoms with Crippen LogP contribution in [0, 0.1) is 11.8 Å². The minimum absolute atomic E-state index is 0.123. The summed E-state index contributed by atoms with van der Waals surface area (Å²) >= 11 is 0. The molecule has 1 rings (SSSR count). The summed E-state index contributed by atoms with van der Waals surface area (Å²) in [5.74, 6) is 0.762. The molecule has 6 heteroatoms. The second-order valence-corrected chi connectivity index (χ2v) is 9.56. The number of likely N-dealkylation sites (N-methyl/N-ethyl adjacent to an activating group) is 1. The first-order valence-corrected chi connectivity index (χ1v) is 15.2. The third-order valence-electron chi connectivity index (χ3n) is 6.25. The van der Waals surface area contributed by atoms with E-state index in [1.165, 1.54) is 24.9 Å². The quantitative estimate of drug-likeness (QED) is 0.0458. The Morgan fingerprint density at radius 2 is 1.71 bits per heavy atom. The van der Waals surface area contributed by atoms with Crippen molar-refractivity contribution in [2.24, 2.45) is 22.6 Å². The predicted octanol–water partition coefficient (Wildman–Crippen LogP) is 7.87. The first-order valence-electron chi connectivity index (χ1n) is 15.2. The van der Waals surface area contributed by atoms with Crippen LogP contribution in [0.1, 0.15) is 94.1 Å².